The fraction of sp³-hybridized carbons (Fsp3) is 0.625. The summed E-state index contributed by atoms with van der Waals surface area (Å²) >= 11 is 0. The largest absolute Gasteiger partial charge is 0.369 e. The molecule has 0 aromatic heterocycles. The topological polar surface area (TPSA) is 29.3 Å². The SMILES string of the molecule is CC(N)Cc1c(F)cccc1N(CC1CC1)C(C)C. The van der Waals surface area contributed by atoms with E-state index in [1.807, 2.05) is 13.0 Å². The smallest absolute Gasteiger partial charge is 0.128 e. The number of nitrogens with zero attached hydrogens (tertiary/aromatic N) is 1. The lowest BCUT2D eigenvalue weighted by molar-refractivity contribution is 0.585. The standard InChI is InChI=1S/C16H25FN2/c1-11(2)19(10-13-7-8-13)16-6-4-5-15(17)14(16)9-12(3)18/h4-6,11-13H,7-10,18H2,1-3H3. The van der Waals surface area contributed by atoms with E-state index >= 15 is 0 Å². The van der Waals surface area contributed by atoms with Gasteiger partial charge in [-0.05, 0) is 58.1 Å². The average Bonchev–Trinajstić information content (AvgIpc) is 3.12. The van der Waals surface area contributed by atoms with Gasteiger partial charge in [-0.25, -0.2) is 4.39 Å². The number of nitrogens with two attached hydrogens (primary N) is 1. The molecule has 0 bridgehead atoms. The van der Waals surface area contributed by atoms with Crippen LogP contribution in [-0.4, -0.2) is 18.6 Å². The summed E-state index contributed by atoms with van der Waals surface area (Å²) < 4.78 is 14.1. The molecule has 1 saturated carbocycles. The second-order valence-electron chi connectivity index (χ2n) is 6.11. The summed E-state index contributed by atoms with van der Waals surface area (Å²) in [7, 11) is 0. The van der Waals surface area contributed by atoms with E-state index < -0.39 is 0 Å². The highest BCUT2D eigenvalue weighted by molar-refractivity contribution is 5.55. The molecule has 3 heteroatoms. The highest BCUT2D eigenvalue weighted by Crippen LogP contribution is 2.34. The van der Waals surface area contributed by atoms with Crippen molar-refractivity contribution < 1.29 is 4.39 Å². The van der Waals surface area contributed by atoms with Gasteiger partial charge in [-0.15, -0.1) is 0 Å². The van der Waals surface area contributed by atoms with Crippen LogP contribution < -0.4 is 10.6 Å². The first-order valence-electron chi connectivity index (χ1n) is 7.28. The van der Waals surface area contributed by atoms with Crippen molar-refractivity contribution in [2.24, 2.45) is 11.7 Å². The molecule has 2 nitrogen and oxygen atoms in total. The lowest BCUT2D eigenvalue weighted by atomic mass is 10.0. The van der Waals surface area contributed by atoms with Gasteiger partial charge in [0, 0.05) is 29.9 Å². The van der Waals surface area contributed by atoms with Crippen LogP contribution >= 0.6 is 0 Å². The zero-order valence-electron chi connectivity index (χ0n) is 12.2. The predicted octanol–water partition coefficient (Wildman–Crippen LogP) is 3.34. The molecule has 2 N–H and O–H groups in total. The number of hydrogen-bond donors (Lipinski definition) is 1. The van der Waals surface area contributed by atoms with Crippen molar-refractivity contribution in [2.75, 3.05) is 11.4 Å². The highest BCUT2D eigenvalue weighted by Gasteiger charge is 2.27. The number of halogens is 1. The van der Waals surface area contributed by atoms with Gasteiger partial charge >= 0.3 is 0 Å². The van der Waals surface area contributed by atoms with Crippen LogP contribution in [0.2, 0.25) is 0 Å². The average molecular weight is 264 g/mol. The number of benzene rings is 1. The van der Waals surface area contributed by atoms with Crippen molar-refractivity contribution in [3.63, 3.8) is 0 Å². The number of anilines is 1. The number of rotatable bonds is 6. The Morgan fingerprint density at radius 2 is 2.00 bits per heavy atom. The first-order valence-corrected chi connectivity index (χ1v) is 7.28. The van der Waals surface area contributed by atoms with Gasteiger partial charge in [0.15, 0.2) is 0 Å². The molecular weight excluding hydrogens is 239 g/mol. The molecule has 0 spiro atoms. The Labute approximate surface area is 115 Å². The molecule has 1 fully saturated rings. The second-order valence-corrected chi connectivity index (χ2v) is 6.11. The molecule has 0 aliphatic heterocycles. The Bertz CT molecular complexity index is 425. The van der Waals surface area contributed by atoms with Crippen LogP contribution in [0.1, 0.15) is 39.2 Å². The summed E-state index contributed by atoms with van der Waals surface area (Å²) in [6.07, 6.45) is 3.21. The van der Waals surface area contributed by atoms with Crippen LogP contribution in [0.15, 0.2) is 18.2 Å². The van der Waals surface area contributed by atoms with E-state index in [-0.39, 0.29) is 11.9 Å². The fourth-order valence-corrected chi connectivity index (χ4v) is 2.51. The van der Waals surface area contributed by atoms with Crippen molar-refractivity contribution in [2.45, 2.75) is 52.1 Å². The van der Waals surface area contributed by atoms with E-state index in [1.54, 1.807) is 6.07 Å². The van der Waals surface area contributed by atoms with Crippen molar-refractivity contribution >= 4 is 5.69 Å². The van der Waals surface area contributed by atoms with Gasteiger partial charge in [0.1, 0.15) is 5.82 Å². The first kappa shape index (κ1) is 14.3. The minimum absolute atomic E-state index is 0.0226. The molecule has 19 heavy (non-hydrogen) atoms. The summed E-state index contributed by atoms with van der Waals surface area (Å²) in [5.41, 5.74) is 7.66. The molecule has 0 amide bonds. The van der Waals surface area contributed by atoms with Gasteiger partial charge in [-0.1, -0.05) is 6.07 Å². The predicted molar refractivity (Wildman–Crippen MR) is 79.0 cm³/mol. The van der Waals surface area contributed by atoms with Crippen molar-refractivity contribution in [1.29, 1.82) is 0 Å². The van der Waals surface area contributed by atoms with Crippen LogP contribution in [0.25, 0.3) is 0 Å². The van der Waals surface area contributed by atoms with Crippen molar-refractivity contribution in [3.05, 3.63) is 29.6 Å². The van der Waals surface area contributed by atoms with Crippen LogP contribution in [0, 0.1) is 11.7 Å². The molecule has 0 heterocycles. The maximum atomic E-state index is 14.1. The molecule has 2 rings (SSSR count). The van der Waals surface area contributed by atoms with Gasteiger partial charge < -0.3 is 10.6 Å². The van der Waals surface area contributed by atoms with E-state index in [1.165, 1.54) is 18.9 Å². The monoisotopic (exact) mass is 264 g/mol. The summed E-state index contributed by atoms with van der Waals surface area (Å²) in [5.74, 6) is 0.657. The molecule has 0 saturated heterocycles. The van der Waals surface area contributed by atoms with Gasteiger partial charge in [-0.2, -0.15) is 0 Å². The van der Waals surface area contributed by atoms with E-state index in [0.29, 0.717) is 12.5 Å². The zero-order chi connectivity index (χ0) is 14.0. The van der Waals surface area contributed by atoms with Crippen LogP contribution in [0.5, 0.6) is 0 Å². The molecule has 106 valence electrons. The third kappa shape index (κ3) is 3.69. The quantitative estimate of drug-likeness (QED) is 0.854. The summed E-state index contributed by atoms with van der Waals surface area (Å²) in [6, 6.07) is 5.73. The summed E-state index contributed by atoms with van der Waals surface area (Å²) in [5, 5.41) is 0. The van der Waals surface area contributed by atoms with E-state index in [2.05, 4.69) is 18.7 Å². The van der Waals surface area contributed by atoms with Crippen LogP contribution in [0.4, 0.5) is 10.1 Å². The van der Waals surface area contributed by atoms with Gasteiger partial charge in [-0.3, -0.25) is 0 Å². The third-order valence-corrected chi connectivity index (χ3v) is 3.70. The molecule has 0 radical (unpaired) electrons. The third-order valence-electron chi connectivity index (χ3n) is 3.70. The van der Waals surface area contributed by atoms with Crippen molar-refractivity contribution in [3.8, 4) is 0 Å². The van der Waals surface area contributed by atoms with Crippen LogP contribution in [-0.2, 0) is 6.42 Å². The lowest BCUT2D eigenvalue weighted by Crippen LogP contribution is -2.34. The zero-order valence-corrected chi connectivity index (χ0v) is 12.2. The Kier molecular flexibility index (Phi) is 4.46. The second kappa shape index (κ2) is 5.91. The molecule has 1 aliphatic rings. The van der Waals surface area contributed by atoms with Gasteiger partial charge in [0.05, 0.1) is 0 Å². The molecule has 1 aromatic rings. The Morgan fingerprint density at radius 1 is 1.32 bits per heavy atom. The minimum atomic E-state index is -0.128. The maximum absolute atomic E-state index is 14.1. The molecule has 1 unspecified atom stereocenters. The Balaban J connectivity index is 2.31. The molecular formula is C16H25FN2. The number of hydrogen-bond acceptors (Lipinski definition) is 2. The minimum Gasteiger partial charge on any atom is -0.369 e. The Hall–Kier alpha value is -1.09. The summed E-state index contributed by atoms with van der Waals surface area (Å²) in [4.78, 5) is 2.33. The highest BCUT2D eigenvalue weighted by atomic mass is 19.1. The van der Waals surface area contributed by atoms with E-state index in [9.17, 15) is 4.39 Å². The first-order chi connectivity index (χ1) is 8.99. The lowest BCUT2D eigenvalue weighted by Gasteiger charge is -2.31. The van der Waals surface area contributed by atoms with Gasteiger partial charge in [0.25, 0.3) is 0 Å². The fourth-order valence-electron chi connectivity index (χ4n) is 2.51. The molecule has 1 aliphatic carbocycles. The Morgan fingerprint density at radius 3 is 2.53 bits per heavy atom. The molecule has 1 atom stereocenters. The molecule has 1 aromatic carbocycles. The van der Waals surface area contributed by atoms with Crippen LogP contribution in [0.3, 0.4) is 0 Å². The van der Waals surface area contributed by atoms with Crippen molar-refractivity contribution in [1.82, 2.24) is 0 Å². The van der Waals surface area contributed by atoms with Gasteiger partial charge in [0.2, 0.25) is 0 Å². The van der Waals surface area contributed by atoms with E-state index in [4.69, 9.17) is 5.73 Å². The summed E-state index contributed by atoms with van der Waals surface area (Å²) in [6.45, 7) is 7.30. The normalized spacial score (nSPS) is 16.7. The van der Waals surface area contributed by atoms with E-state index in [0.717, 1.165) is 23.7 Å². The maximum Gasteiger partial charge on any atom is 0.128 e.